The van der Waals surface area contributed by atoms with E-state index in [1.807, 2.05) is 0 Å². The molecule has 7 heteroatoms. The zero-order valence-electron chi connectivity index (χ0n) is 15.5. The molecule has 3 aliphatic rings. The third kappa shape index (κ3) is 3.23. The fourth-order valence-electron chi connectivity index (χ4n) is 3.46. The number of aliphatic hydroxyl groups excluding tert-OH is 1. The van der Waals surface area contributed by atoms with E-state index in [4.69, 9.17) is 14.2 Å². The number of carbonyl (C=O) groups is 3. The van der Waals surface area contributed by atoms with Crippen LogP contribution in [0.3, 0.4) is 0 Å². The maximum Gasteiger partial charge on any atom is 0.334 e. The third-order valence-corrected chi connectivity index (χ3v) is 5.24. The number of ether oxygens (including phenoxy) is 3. The molecule has 1 N–H and O–H groups in total. The lowest BCUT2D eigenvalue weighted by Gasteiger charge is -2.31. The molecule has 1 fully saturated rings. The molecule has 2 bridgehead atoms. The molecule has 3 heterocycles. The molecule has 1 saturated heterocycles. The maximum atomic E-state index is 12.5. The predicted octanol–water partition coefficient (Wildman–Crippen LogP) is 1.53. The molecule has 4 atom stereocenters. The first-order chi connectivity index (χ1) is 12.7. The summed E-state index contributed by atoms with van der Waals surface area (Å²) in [4.78, 5) is 37.0. The van der Waals surface area contributed by atoms with Crippen molar-refractivity contribution in [2.75, 3.05) is 6.61 Å². The second-order valence-corrected chi connectivity index (χ2v) is 7.10. The van der Waals surface area contributed by atoms with E-state index in [2.05, 4.69) is 6.58 Å². The summed E-state index contributed by atoms with van der Waals surface area (Å²) in [6.45, 7) is 8.31. The molecule has 0 aliphatic carbocycles. The quantitative estimate of drug-likeness (QED) is 0.591. The van der Waals surface area contributed by atoms with Crippen molar-refractivity contribution >= 4 is 17.7 Å². The fraction of sp³-hybridized carbons (Fsp3) is 0.450. The largest absolute Gasteiger partial charge is 0.479 e. The van der Waals surface area contributed by atoms with Gasteiger partial charge in [0.15, 0.2) is 5.60 Å². The zero-order chi connectivity index (χ0) is 19.9. The maximum absolute atomic E-state index is 12.5. The van der Waals surface area contributed by atoms with Crippen molar-refractivity contribution < 1.29 is 33.7 Å². The van der Waals surface area contributed by atoms with Gasteiger partial charge in [-0.2, -0.15) is 0 Å². The van der Waals surface area contributed by atoms with Gasteiger partial charge < -0.3 is 19.3 Å². The van der Waals surface area contributed by atoms with Gasteiger partial charge in [-0.15, -0.1) is 0 Å². The average molecular weight is 374 g/mol. The van der Waals surface area contributed by atoms with E-state index < -0.39 is 42.3 Å². The molecule has 3 aliphatic heterocycles. The van der Waals surface area contributed by atoms with E-state index >= 15 is 0 Å². The molecule has 0 aromatic carbocycles. The number of ketones is 1. The molecule has 0 amide bonds. The summed E-state index contributed by atoms with van der Waals surface area (Å²) >= 11 is 0. The number of esters is 2. The van der Waals surface area contributed by atoms with Crippen LogP contribution in [0, 0.1) is 5.92 Å². The minimum Gasteiger partial charge on any atom is -0.479 e. The number of carbonyl (C=O) groups excluding carboxylic acids is 3. The van der Waals surface area contributed by atoms with Crippen molar-refractivity contribution in [3.8, 4) is 0 Å². The summed E-state index contributed by atoms with van der Waals surface area (Å²) in [5, 5.41) is 9.70. The van der Waals surface area contributed by atoms with Gasteiger partial charge in [0, 0.05) is 29.2 Å². The monoisotopic (exact) mass is 374 g/mol. The summed E-state index contributed by atoms with van der Waals surface area (Å²) in [7, 11) is 0. The van der Waals surface area contributed by atoms with E-state index in [9.17, 15) is 19.5 Å². The summed E-state index contributed by atoms with van der Waals surface area (Å²) in [5.41, 5.74) is -0.385. The summed E-state index contributed by atoms with van der Waals surface area (Å²) < 4.78 is 16.8. The number of allylic oxidation sites excluding steroid dienone is 1. The first-order valence-electron chi connectivity index (χ1n) is 8.71. The van der Waals surface area contributed by atoms with Gasteiger partial charge in [-0.05, 0) is 26.8 Å². The zero-order valence-corrected chi connectivity index (χ0v) is 15.5. The van der Waals surface area contributed by atoms with Crippen LogP contribution in [-0.2, 0) is 28.6 Å². The highest BCUT2D eigenvalue weighted by Gasteiger charge is 2.52. The molecule has 0 saturated carbocycles. The summed E-state index contributed by atoms with van der Waals surface area (Å²) in [6.07, 6.45) is 2.83. The van der Waals surface area contributed by atoms with Gasteiger partial charge in [0.1, 0.15) is 18.0 Å². The van der Waals surface area contributed by atoms with E-state index in [1.54, 1.807) is 26.8 Å². The Kier molecular flexibility index (Phi) is 4.82. The molecule has 7 nitrogen and oxygen atoms in total. The van der Waals surface area contributed by atoms with Crippen molar-refractivity contribution in [1.29, 1.82) is 0 Å². The molecular formula is C20H22O7. The lowest BCUT2D eigenvalue weighted by Crippen LogP contribution is -2.42. The molecule has 0 aromatic rings. The van der Waals surface area contributed by atoms with Gasteiger partial charge in [-0.1, -0.05) is 12.7 Å². The summed E-state index contributed by atoms with van der Waals surface area (Å²) in [5.74, 6) is -1.90. The van der Waals surface area contributed by atoms with Crippen LogP contribution < -0.4 is 0 Å². The lowest BCUT2D eigenvalue weighted by molar-refractivity contribution is -0.153. The predicted molar refractivity (Wildman–Crippen MR) is 94.2 cm³/mol. The van der Waals surface area contributed by atoms with E-state index in [0.29, 0.717) is 11.1 Å². The van der Waals surface area contributed by atoms with Crippen LogP contribution in [0.25, 0.3) is 0 Å². The van der Waals surface area contributed by atoms with Crippen molar-refractivity contribution in [3.05, 3.63) is 47.3 Å². The van der Waals surface area contributed by atoms with Gasteiger partial charge >= 0.3 is 11.9 Å². The summed E-state index contributed by atoms with van der Waals surface area (Å²) in [6, 6.07) is 0. The molecule has 3 rings (SSSR count). The molecule has 0 radical (unpaired) electrons. The van der Waals surface area contributed by atoms with Crippen molar-refractivity contribution in [2.45, 2.75) is 45.0 Å². The minimum atomic E-state index is -1.28. The molecule has 1 unspecified atom stereocenters. The minimum absolute atomic E-state index is 0.0257. The number of hydrogen-bond acceptors (Lipinski definition) is 7. The van der Waals surface area contributed by atoms with Crippen molar-refractivity contribution in [1.82, 2.24) is 0 Å². The van der Waals surface area contributed by atoms with Gasteiger partial charge in [0.05, 0.1) is 12.5 Å². The van der Waals surface area contributed by atoms with Crippen LogP contribution in [0.2, 0.25) is 0 Å². The second kappa shape index (κ2) is 6.81. The number of fused-ring (bicyclic) bond motifs is 3. The first-order valence-corrected chi connectivity index (χ1v) is 8.71. The topological polar surface area (TPSA) is 99.1 Å². The Morgan fingerprint density at radius 1 is 1.48 bits per heavy atom. The highest BCUT2D eigenvalue weighted by Crippen LogP contribution is 2.42. The van der Waals surface area contributed by atoms with Crippen LogP contribution >= 0.6 is 0 Å². The molecule has 144 valence electrons. The van der Waals surface area contributed by atoms with Crippen LogP contribution in [0.15, 0.2) is 47.3 Å². The van der Waals surface area contributed by atoms with Crippen LogP contribution in [0.5, 0.6) is 0 Å². The van der Waals surface area contributed by atoms with Crippen LogP contribution in [-0.4, -0.2) is 47.2 Å². The highest BCUT2D eigenvalue weighted by atomic mass is 16.6. The normalized spacial score (nSPS) is 35.0. The van der Waals surface area contributed by atoms with E-state index in [0.717, 1.165) is 0 Å². The number of rotatable bonds is 3. The highest BCUT2D eigenvalue weighted by molar-refractivity contribution is 6.00. The molecule has 27 heavy (non-hydrogen) atoms. The van der Waals surface area contributed by atoms with Crippen LogP contribution in [0.1, 0.15) is 27.2 Å². The smallest absolute Gasteiger partial charge is 0.334 e. The fourth-order valence-corrected chi connectivity index (χ4v) is 3.46. The van der Waals surface area contributed by atoms with Crippen LogP contribution in [0.4, 0.5) is 0 Å². The Balaban J connectivity index is 2.07. The third-order valence-electron chi connectivity index (χ3n) is 5.24. The number of aliphatic hydroxyl groups is 1. The Labute approximate surface area is 157 Å². The molecule has 0 aromatic heterocycles. The number of hydrogen-bond donors (Lipinski definition) is 1. The second-order valence-electron chi connectivity index (χ2n) is 7.10. The van der Waals surface area contributed by atoms with E-state index in [1.165, 1.54) is 12.2 Å². The van der Waals surface area contributed by atoms with Gasteiger partial charge in [0.25, 0.3) is 0 Å². The van der Waals surface area contributed by atoms with Gasteiger partial charge in [-0.3, -0.25) is 4.79 Å². The standard InChI is InChI=1S/C20H22O7/c1-5-10(2)18(23)26-15-8-20(4)16(22)7-13(27-20)12(9-21)6-14-17(15)11(3)19(24)25-14/h5-7,14-15,17,21H,3,8-9H2,1-2,4H3/b10-5-,12-6-/t14-,15-,17?,20-/m1/s1. The SMILES string of the molecule is C=C1C(=O)O[C@@H]2/C=C(/CO)C3=CC(=O)[C@@](C)(C[C@@H](OC(=O)/C(C)=C\C)C12)O3. The molecular weight excluding hydrogens is 352 g/mol. The first kappa shape index (κ1) is 19.1. The average Bonchev–Trinajstić information content (AvgIpc) is 3.08. The van der Waals surface area contributed by atoms with Crippen molar-refractivity contribution in [3.63, 3.8) is 0 Å². The lowest BCUT2D eigenvalue weighted by atomic mass is 9.82. The Bertz CT molecular complexity index is 816. The Morgan fingerprint density at radius 2 is 2.19 bits per heavy atom. The van der Waals surface area contributed by atoms with Gasteiger partial charge in [-0.25, -0.2) is 9.59 Å². The van der Waals surface area contributed by atoms with Crippen molar-refractivity contribution in [2.24, 2.45) is 5.92 Å². The van der Waals surface area contributed by atoms with E-state index in [-0.39, 0.29) is 23.5 Å². The Hall–Kier alpha value is -2.67. The molecule has 0 spiro atoms. The Morgan fingerprint density at radius 3 is 2.81 bits per heavy atom. The van der Waals surface area contributed by atoms with Gasteiger partial charge in [0.2, 0.25) is 5.78 Å².